The van der Waals surface area contributed by atoms with E-state index in [1.165, 1.54) is 11.3 Å². The number of anilines is 2. The summed E-state index contributed by atoms with van der Waals surface area (Å²) in [6.45, 7) is 2.44. The Morgan fingerprint density at radius 2 is 2.23 bits per heavy atom. The summed E-state index contributed by atoms with van der Waals surface area (Å²) in [5, 5.41) is 12.1. The molecule has 2 heterocycles. The van der Waals surface area contributed by atoms with Gasteiger partial charge in [0.2, 0.25) is 11.0 Å². The van der Waals surface area contributed by atoms with Gasteiger partial charge in [-0.3, -0.25) is 14.9 Å². The molecule has 0 bridgehead atoms. The quantitative estimate of drug-likeness (QED) is 0.935. The minimum atomic E-state index is -0.305. The molecular formula is C14H13ClN4O2S. The lowest BCUT2D eigenvalue weighted by atomic mass is 10.1. The van der Waals surface area contributed by atoms with Gasteiger partial charge in [0.1, 0.15) is 5.01 Å². The normalized spacial score (nSPS) is 14.5. The first kappa shape index (κ1) is 14.9. The van der Waals surface area contributed by atoms with Gasteiger partial charge in [-0.1, -0.05) is 22.9 Å². The lowest BCUT2D eigenvalue weighted by molar-refractivity contribution is -0.117. The number of benzene rings is 1. The Morgan fingerprint density at radius 1 is 1.41 bits per heavy atom. The highest BCUT2D eigenvalue weighted by atomic mass is 35.5. The first-order valence-electron chi connectivity index (χ1n) is 6.76. The molecule has 2 aromatic rings. The molecule has 0 radical (unpaired) electrons. The highest BCUT2D eigenvalue weighted by Crippen LogP contribution is 2.30. The fourth-order valence-electron chi connectivity index (χ4n) is 2.28. The summed E-state index contributed by atoms with van der Waals surface area (Å²) < 4.78 is 0. The molecule has 1 saturated heterocycles. The number of carbonyl (C=O) groups excluding carboxylic acids is 2. The van der Waals surface area contributed by atoms with E-state index in [0.29, 0.717) is 34.4 Å². The van der Waals surface area contributed by atoms with E-state index >= 15 is 0 Å². The molecule has 0 unspecified atom stereocenters. The van der Waals surface area contributed by atoms with Crippen LogP contribution in [0.1, 0.15) is 28.2 Å². The summed E-state index contributed by atoms with van der Waals surface area (Å²) in [4.78, 5) is 25.7. The number of rotatable bonds is 3. The Bertz CT molecular complexity index is 746. The number of carbonyl (C=O) groups is 2. The third-order valence-corrected chi connectivity index (χ3v) is 4.39. The topological polar surface area (TPSA) is 75.2 Å². The second-order valence-electron chi connectivity index (χ2n) is 4.90. The van der Waals surface area contributed by atoms with Crippen LogP contribution in [0.25, 0.3) is 0 Å². The molecule has 1 aliphatic heterocycles. The third kappa shape index (κ3) is 2.95. The van der Waals surface area contributed by atoms with E-state index in [-0.39, 0.29) is 11.8 Å². The van der Waals surface area contributed by atoms with Crippen LogP contribution in [-0.4, -0.2) is 28.6 Å². The van der Waals surface area contributed by atoms with Crippen LogP contribution >= 0.6 is 22.9 Å². The van der Waals surface area contributed by atoms with E-state index in [0.717, 1.165) is 11.4 Å². The van der Waals surface area contributed by atoms with Crippen molar-refractivity contribution in [1.29, 1.82) is 0 Å². The smallest absolute Gasteiger partial charge is 0.257 e. The van der Waals surface area contributed by atoms with Crippen LogP contribution in [0.2, 0.25) is 5.02 Å². The van der Waals surface area contributed by atoms with Crippen LogP contribution in [0.4, 0.5) is 10.8 Å². The van der Waals surface area contributed by atoms with Crippen LogP contribution in [-0.2, 0) is 4.79 Å². The van der Waals surface area contributed by atoms with Crippen LogP contribution < -0.4 is 10.2 Å². The zero-order valence-electron chi connectivity index (χ0n) is 11.8. The summed E-state index contributed by atoms with van der Waals surface area (Å²) in [5.41, 5.74) is 0.997. The summed E-state index contributed by atoms with van der Waals surface area (Å²) in [5.74, 6) is -0.278. The van der Waals surface area contributed by atoms with E-state index in [1.54, 1.807) is 23.1 Å². The van der Waals surface area contributed by atoms with Crippen molar-refractivity contribution < 1.29 is 9.59 Å². The largest absolute Gasteiger partial charge is 0.311 e. The highest BCUT2D eigenvalue weighted by molar-refractivity contribution is 7.15. The SMILES string of the molecule is Cc1nnc(NC(=O)c2ccc(Cl)c(N3CCCC3=O)c2)s1. The highest BCUT2D eigenvalue weighted by Gasteiger charge is 2.24. The van der Waals surface area contributed by atoms with Gasteiger partial charge in [0, 0.05) is 18.5 Å². The van der Waals surface area contributed by atoms with E-state index in [4.69, 9.17) is 11.6 Å². The van der Waals surface area contributed by atoms with Gasteiger partial charge in [0.25, 0.3) is 5.91 Å². The predicted octanol–water partition coefficient (Wildman–Crippen LogP) is 2.88. The molecule has 1 aromatic heterocycles. The van der Waals surface area contributed by atoms with E-state index in [9.17, 15) is 9.59 Å². The van der Waals surface area contributed by atoms with Gasteiger partial charge in [-0.2, -0.15) is 0 Å². The molecule has 0 atom stereocenters. The Hall–Kier alpha value is -1.99. The summed E-state index contributed by atoms with van der Waals surface area (Å²) in [6, 6.07) is 4.88. The number of hydrogen-bond donors (Lipinski definition) is 1. The van der Waals surface area contributed by atoms with Gasteiger partial charge in [-0.25, -0.2) is 0 Å². The monoisotopic (exact) mass is 336 g/mol. The van der Waals surface area contributed by atoms with Crippen molar-refractivity contribution in [3.05, 3.63) is 33.8 Å². The molecule has 3 rings (SSSR count). The molecular weight excluding hydrogens is 324 g/mol. The lowest BCUT2D eigenvalue weighted by Gasteiger charge is -2.18. The van der Waals surface area contributed by atoms with Crippen LogP contribution in [0.3, 0.4) is 0 Å². The Morgan fingerprint density at radius 3 is 2.86 bits per heavy atom. The fourth-order valence-corrected chi connectivity index (χ4v) is 3.09. The van der Waals surface area contributed by atoms with E-state index in [2.05, 4.69) is 15.5 Å². The maximum atomic E-state index is 12.3. The van der Waals surface area contributed by atoms with Gasteiger partial charge in [-0.15, -0.1) is 10.2 Å². The fraction of sp³-hybridized carbons (Fsp3) is 0.286. The molecule has 0 aliphatic carbocycles. The van der Waals surface area contributed by atoms with Crippen molar-refractivity contribution >= 4 is 45.6 Å². The third-order valence-electron chi connectivity index (χ3n) is 3.32. The van der Waals surface area contributed by atoms with Crippen molar-refractivity contribution in [2.24, 2.45) is 0 Å². The molecule has 0 spiro atoms. The zero-order valence-corrected chi connectivity index (χ0v) is 13.4. The van der Waals surface area contributed by atoms with E-state index < -0.39 is 0 Å². The molecule has 114 valence electrons. The number of halogens is 1. The van der Waals surface area contributed by atoms with Gasteiger partial charge >= 0.3 is 0 Å². The average Bonchev–Trinajstić information content (AvgIpc) is 3.08. The molecule has 1 aromatic carbocycles. The van der Waals surface area contributed by atoms with Gasteiger partial charge in [0.05, 0.1) is 10.7 Å². The van der Waals surface area contributed by atoms with E-state index in [1.807, 2.05) is 6.92 Å². The Balaban J connectivity index is 1.85. The Kier molecular flexibility index (Phi) is 4.08. The Labute approximate surface area is 136 Å². The number of nitrogens with zero attached hydrogens (tertiary/aromatic N) is 3. The first-order valence-corrected chi connectivity index (χ1v) is 7.95. The number of aromatic nitrogens is 2. The van der Waals surface area contributed by atoms with Crippen molar-refractivity contribution in [3.8, 4) is 0 Å². The average molecular weight is 337 g/mol. The maximum Gasteiger partial charge on any atom is 0.257 e. The lowest BCUT2D eigenvalue weighted by Crippen LogP contribution is -2.24. The molecule has 22 heavy (non-hydrogen) atoms. The van der Waals surface area contributed by atoms with Crippen molar-refractivity contribution in [2.45, 2.75) is 19.8 Å². The van der Waals surface area contributed by atoms with Gasteiger partial charge in [-0.05, 0) is 31.5 Å². The minimum Gasteiger partial charge on any atom is -0.311 e. The number of amides is 2. The van der Waals surface area contributed by atoms with Crippen LogP contribution in [0.5, 0.6) is 0 Å². The molecule has 2 amide bonds. The van der Waals surface area contributed by atoms with Crippen molar-refractivity contribution in [1.82, 2.24) is 10.2 Å². The van der Waals surface area contributed by atoms with Gasteiger partial charge in [0.15, 0.2) is 0 Å². The number of hydrogen-bond acceptors (Lipinski definition) is 5. The van der Waals surface area contributed by atoms with Crippen molar-refractivity contribution in [3.63, 3.8) is 0 Å². The molecule has 8 heteroatoms. The molecule has 1 fully saturated rings. The molecule has 6 nitrogen and oxygen atoms in total. The zero-order chi connectivity index (χ0) is 15.7. The second kappa shape index (κ2) is 6.02. The number of aryl methyl sites for hydroxylation is 1. The molecule has 1 aliphatic rings. The van der Waals surface area contributed by atoms with Crippen LogP contribution in [0.15, 0.2) is 18.2 Å². The summed E-state index contributed by atoms with van der Waals surface area (Å²) >= 11 is 7.46. The maximum absolute atomic E-state index is 12.3. The minimum absolute atomic E-state index is 0.0270. The predicted molar refractivity (Wildman–Crippen MR) is 85.6 cm³/mol. The second-order valence-corrected chi connectivity index (χ2v) is 6.48. The standard InChI is InChI=1S/C14H13ClN4O2S/c1-8-17-18-14(22-8)16-13(21)9-4-5-10(15)11(7-9)19-6-2-3-12(19)20/h4-5,7H,2-3,6H2,1H3,(H,16,18,21). The number of nitrogens with one attached hydrogen (secondary N) is 1. The summed E-state index contributed by atoms with van der Waals surface area (Å²) in [6.07, 6.45) is 1.31. The van der Waals surface area contributed by atoms with Crippen LogP contribution in [0, 0.1) is 6.92 Å². The molecule has 0 saturated carbocycles. The molecule has 1 N–H and O–H groups in total. The van der Waals surface area contributed by atoms with Crippen molar-refractivity contribution in [2.75, 3.05) is 16.8 Å². The summed E-state index contributed by atoms with van der Waals surface area (Å²) in [7, 11) is 0. The first-order chi connectivity index (χ1) is 10.5. The van der Waals surface area contributed by atoms with Gasteiger partial charge < -0.3 is 4.90 Å².